The van der Waals surface area contributed by atoms with Gasteiger partial charge in [-0.3, -0.25) is 9.59 Å². The number of carboxylic acids is 1. The summed E-state index contributed by atoms with van der Waals surface area (Å²) in [6.45, 7) is 2.18. The van der Waals surface area contributed by atoms with E-state index in [0.717, 1.165) is 30.6 Å². The number of aliphatic carboxylic acids is 1. The predicted molar refractivity (Wildman–Crippen MR) is 78.5 cm³/mol. The Kier molecular flexibility index (Phi) is 4.47. The maximum atomic E-state index is 12.3. The van der Waals surface area contributed by atoms with Gasteiger partial charge in [0.25, 0.3) is 5.91 Å². The summed E-state index contributed by atoms with van der Waals surface area (Å²) in [6.07, 6.45) is 1.38. The standard InChI is InChI=1S/C15H20N2O4/c1-15(21,8-13(18)19)9-17-14(20)11-4-2-6-12-10(11)5-3-7-16-12/h2,4,6,16,21H,3,5,7-9H2,1H3,(H,17,20)(H,18,19). The SMILES string of the molecule is CC(O)(CNC(=O)c1cccc2c1CCCN2)CC(=O)O. The molecule has 0 spiro atoms. The Bertz CT molecular complexity index is 555. The third-order valence-electron chi connectivity index (χ3n) is 3.50. The van der Waals surface area contributed by atoms with Gasteiger partial charge in [-0.2, -0.15) is 0 Å². The average molecular weight is 292 g/mol. The lowest BCUT2D eigenvalue weighted by Crippen LogP contribution is -2.42. The van der Waals surface area contributed by atoms with Crippen LogP contribution in [0.3, 0.4) is 0 Å². The van der Waals surface area contributed by atoms with Crippen molar-refractivity contribution in [2.45, 2.75) is 31.8 Å². The molecule has 2 rings (SSSR count). The molecular formula is C15H20N2O4. The molecule has 1 aliphatic heterocycles. The molecule has 1 unspecified atom stereocenters. The third kappa shape index (κ3) is 3.95. The summed E-state index contributed by atoms with van der Waals surface area (Å²) in [4.78, 5) is 22.9. The van der Waals surface area contributed by atoms with Crippen LogP contribution >= 0.6 is 0 Å². The zero-order valence-electron chi connectivity index (χ0n) is 12.0. The Labute approximate surface area is 123 Å². The van der Waals surface area contributed by atoms with E-state index in [-0.39, 0.29) is 12.5 Å². The summed E-state index contributed by atoms with van der Waals surface area (Å²) >= 11 is 0. The lowest BCUT2D eigenvalue weighted by molar-refractivity contribution is -0.141. The minimum Gasteiger partial charge on any atom is -0.481 e. The minimum atomic E-state index is -1.46. The largest absolute Gasteiger partial charge is 0.481 e. The van der Waals surface area contributed by atoms with Crippen LogP contribution in [-0.4, -0.2) is 40.8 Å². The van der Waals surface area contributed by atoms with Crippen LogP contribution in [0.25, 0.3) is 0 Å². The van der Waals surface area contributed by atoms with Gasteiger partial charge in [0.15, 0.2) is 0 Å². The molecule has 21 heavy (non-hydrogen) atoms. The van der Waals surface area contributed by atoms with Gasteiger partial charge in [0.2, 0.25) is 0 Å². The Morgan fingerprint density at radius 1 is 1.43 bits per heavy atom. The van der Waals surface area contributed by atoms with Crippen molar-refractivity contribution in [3.63, 3.8) is 0 Å². The zero-order valence-corrected chi connectivity index (χ0v) is 12.0. The summed E-state index contributed by atoms with van der Waals surface area (Å²) < 4.78 is 0. The van der Waals surface area contributed by atoms with Gasteiger partial charge >= 0.3 is 5.97 Å². The fourth-order valence-corrected chi connectivity index (χ4v) is 2.48. The number of benzene rings is 1. The number of carboxylic acid groups (broad SMARTS) is 1. The molecule has 114 valence electrons. The molecule has 0 aliphatic carbocycles. The van der Waals surface area contributed by atoms with Crippen molar-refractivity contribution in [1.29, 1.82) is 0 Å². The van der Waals surface area contributed by atoms with Crippen LogP contribution in [0.15, 0.2) is 18.2 Å². The average Bonchev–Trinajstić information content (AvgIpc) is 2.43. The van der Waals surface area contributed by atoms with E-state index < -0.39 is 18.0 Å². The number of hydrogen-bond donors (Lipinski definition) is 4. The van der Waals surface area contributed by atoms with Crippen molar-refractivity contribution in [3.8, 4) is 0 Å². The molecule has 0 bridgehead atoms. The van der Waals surface area contributed by atoms with Crippen molar-refractivity contribution in [2.75, 3.05) is 18.4 Å². The first-order valence-corrected chi connectivity index (χ1v) is 6.97. The van der Waals surface area contributed by atoms with E-state index in [9.17, 15) is 14.7 Å². The number of aliphatic hydroxyl groups is 1. The molecule has 4 N–H and O–H groups in total. The first-order chi connectivity index (χ1) is 9.89. The molecular weight excluding hydrogens is 272 g/mol. The Balaban J connectivity index is 2.06. The molecule has 6 nitrogen and oxygen atoms in total. The minimum absolute atomic E-state index is 0.102. The molecule has 0 saturated carbocycles. The number of fused-ring (bicyclic) bond motifs is 1. The topological polar surface area (TPSA) is 98.7 Å². The van der Waals surface area contributed by atoms with E-state index >= 15 is 0 Å². The van der Waals surface area contributed by atoms with Gasteiger partial charge in [0.05, 0.1) is 12.0 Å². The van der Waals surface area contributed by atoms with Gasteiger partial charge in [0.1, 0.15) is 0 Å². The smallest absolute Gasteiger partial charge is 0.306 e. The predicted octanol–water partition coefficient (Wildman–Crippen LogP) is 1.00. The highest BCUT2D eigenvalue weighted by atomic mass is 16.4. The van der Waals surface area contributed by atoms with E-state index in [1.165, 1.54) is 6.92 Å². The number of carbonyl (C=O) groups excluding carboxylic acids is 1. The van der Waals surface area contributed by atoms with Crippen molar-refractivity contribution < 1.29 is 19.8 Å². The summed E-state index contributed by atoms with van der Waals surface area (Å²) in [5.41, 5.74) is 1.05. The molecule has 1 aliphatic rings. The number of carbonyl (C=O) groups is 2. The molecule has 1 aromatic carbocycles. The molecule has 0 radical (unpaired) electrons. The number of amides is 1. The van der Waals surface area contributed by atoms with Crippen LogP contribution in [0.5, 0.6) is 0 Å². The molecule has 0 aromatic heterocycles. The molecule has 1 amide bonds. The van der Waals surface area contributed by atoms with Crippen LogP contribution in [-0.2, 0) is 11.2 Å². The van der Waals surface area contributed by atoms with Crippen LogP contribution in [0.4, 0.5) is 5.69 Å². The highest BCUT2D eigenvalue weighted by Gasteiger charge is 2.26. The van der Waals surface area contributed by atoms with Crippen LogP contribution in [0.2, 0.25) is 0 Å². The van der Waals surface area contributed by atoms with E-state index in [2.05, 4.69) is 10.6 Å². The fourth-order valence-electron chi connectivity index (χ4n) is 2.48. The first-order valence-electron chi connectivity index (χ1n) is 6.97. The number of rotatable bonds is 5. The van der Waals surface area contributed by atoms with Crippen molar-refractivity contribution in [2.24, 2.45) is 0 Å². The van der Waals surface area contributed by atoms with Gasteiger partial charge in [0, 0.05) is 24.3 Å². The highest BCUT2D eigenvalue weighted by Crippen LogP contribution is 2.25. The van der Waals surface area contributed by atoms with E-state index in [1.807, 2.05) is 12.1 Å². The van der Waals surface area contributed by atoms with Crippen LogP contribution in [0.1, 0.15) is 35.7 Å². The molecule has 1 atom stereocenters. The fraction of sp³-hybridized carbons (Fsp3) is 0.467. The second-order valence-corrected chi connectivity index (χ2v) is 5.61. The van der Waals surface area contributed by atoms with Gasteiger partial charge < -0.3 is 20.8 Å². The monoisotopic (exact) mass is 292 g/mol. The van der Waals surface area contributed by atoms with Crippen molar-refractivity contribution >= 4 is 17.6 Å². The lowest BCUT2D eigenvalue weighted by atomic mass is 9.96. The second kappa shape index (κ2) is 6.13. The van der Waals surface area contributed by atoms with E-state index in [1.54, 1.807) is 6.07 Å². The van der Waals surface area contributed by atoms with Gasteiger partial charge in [-0.15, -0.1) is 0 Å². The van der Waals surface area contributed by atoms with Gasteiger partial charge in [-0.1, -0.05) is 6.07 Å². The maximum Gasteiger partial charge on any atom is 0.306 e. The van der Waals surface area contributed by atoms with Crippen LogP contribution in [0, 0.1) is 0 Å². The number of hydrogen-bond acceptors (Lipinski definition) is 4. The van der Waals surface area contributed by atoms with Crippen LogP contribution < -0.4 is 10.6 Å². The first kappa shape index (κ1) is 15.3. The third-order valence-corrected chi connectivity index (χ3v) is 3.50. The molecule has 1 aromatic rings. The summed E-state index contributed by atoms with van der Waals surface area (Å²) in [7, 11) is 0. The number of nitrogens with one attached hydrogen (secondary N) is 2. The van der Waals surface area contributed by atoms with Crippen molar-refractivity contribution in [1.82, 2.24) is 5.32 Å². The van der Waals surface area contributed by atoms with E-state index in [4.69, 9.17) is 5.11 Å². The molecule has 6 heteroatoms. The molecule has 0 saturated heterocycles. The normalized spacial score (nSPS) is 16.3. The number of anilines is 1. The van der Waals surface area contributed by atoms with Gasteiger partial charge in [-0.25, -0.2) is 0 Å². The van der Waals surface area contributed by atoms with Gasteiger partial charge in [-0.05, 0) is 37.5 Å². The zero-order chi connectivity index (χ0) is 15.5. The summed E-state index contributed by atoms with van der Waals surface area (Å²) in [6, 6.07) is 5.49. The van der Waals surface area contributed by atoms with E-state index in [0.29, 0.717) is 5.56 Å². The Morgan fingerprint density at radius 2 is 2.19 bits per heavy atom. The molecule has 0 fully saturated rings. The van der Waals surface area contributed by atoms with Crippen molar-refractivity contribution in [3.05, 3.63) is 29.3 Å². The highest BCUT2D eigenvalue weighted by molar-refractivity contribution is 5.97. The quantitative estimate of drug-likeness (QED) is 0.649. The Morgan fingerprint density at radius 3 is 2.90 bits per heavy atom. The summed E-state index contributed by atoms with van der Waals surface area (Å²) in [5.74, 6) is -1.39. The second-order valence-electron chi connectivity index (χ2n) is 5.61. The maximum absolute atomic E-state index is 12.3. The summed E-state index contributed by atoms with van der Waals surface area (Å²) in [5, 5.41) is 24.5. The lowest BCUT2D eigenvalue weighted by Gasteiger charge is -2.23. The Hall–Kier alpha value is -2.08. The molecule has 1 heterocycles.